The summed E-state index contributed by atoms with van der Waals surface area (Å²) in [6.07, 6.45) is 1.05. The standard InChI is InChI=1S/C13H20N2O2S/c1-2-11-3-8-18-12(11)9-14-10-13(16)15-4-6-17-7-5-15/h3,8,14H,2,4-7,9-10H2,1H3. The lowest BCUT2D eigenvalue weighted by molar-refractivity contribution is -0.134. The van der Waals surface area contributed by atoms with Gasteiger partial charge in [0, 0.05) is 24.5 Å². The molecule has 100 valence electrons. The second-order valence-corrected chi connectivity index (χ2v) is 5.32. The Morgan fingerprint density at radius 3 is 3.00 bits per heavy atom. The summed E-state index contributed by atoms with van der Waals surface area (Å²) in [5.41, 5.74) is 1.38. The van der Waals surface area contributed by atoms with Crippen LogP contribution in [0.5, 0.6) is 0 Å². The molecule has 1 amide bonds. The van der Waals surface area contributed by atoms with Crippen LogP contribution in [0.15, 0.2) is 11.4 Å². The van der Waals surface area contributed by atoms with Crippen molar-refractivity contribution in [2.24, 2.45) is 0 Å². The fourth-order valence-electron chi connectivity index (χ4n) is 2.04. The van der Waals surface area contributed by atoms with Crippen LogP contribution in [0.1, 0.15) is 17.4 Å². The SMILES string of the molecule is CCc1ccsc1CNCC(=O)N1CCOCC1. The Kier molecular flexibility index (Phi) is 5.16. The summed E-state index contributed by atoms with van der Waals surface area (Å²) in [5.74, 6) is 0.174. The molecule has 2 heterocycles. The van der Waals surface area contributed by atoms with Crippen molar-refractivity contribution in [2.75, 3.05) is 32.8 Å². The van der Waals surface area contributed by atoms with E-state index in [2.05, 4.69) is 23.7 Å². The number of thiophene rings is 1. The first-order chi connectivity index (χ1) is 8.81. The summed E-state index contributed by atoms with van der Waals surface area (Å²) in [7, 11) is 0. The van der Waals surface area contributed by atoms with E-state index in [-0.39, 0.29) is 5.91 Å². The second-order valence-electron chi connectivity index (χ2n) is 4.32. The molecule has 0 bridgehead atoms. The molecule has 1 fully saturated rings. The molecule has 0 atom stereocenters. The number of hydrogen-bond acceptors (Lipinski definition) is 4. The van der Waals surface area contributed by atoms with Crippen LogP contribution in [0, 0.1) is 0 Å². The van der Waals surface area contributed by atoms with Crippen molar-refractivity contribution in [3.8, 4) is 0 Å². The van der Waals surface area contributed by atoms with Crippen molar-refractivity contribution >= 4 is 17.2 Å². The van der Waals surface area contributed by atoms with Gasteiger partial charge in [-0.2, -0.15) is 0 Å². The molecule has 0 aliphatic carbocycles. The van der Waals surface area contributed by atoms with E-state index in [1.807, 2.05) is 4.90 Å². The van der Waals surface area contributed by atoms with Crippen molar-refractivity contribution < 1.29 is 9.53 Å². The molecule has 0 aromatic carbocycles. The minimum Gasteiger partial charge on any atom is -0.378 e. The molecule has 1 saturated heterocycles. The number of rotatable bonds is 5. The number of amides is 1. The van der Waals surface area contributed by atoms with Gasteiger partial charge in [0.15, 0.2) is 0 Å². The molecule has 1 N–H and O–H groups in total. The molecule has 0 radical (unpaired) electrons. The Hall–Kier alpha value is -0.910. The molecule has 18 heavy (non-hydrogen) atoms. The Labute approximate surface area is 112 Å². The van der Waals surface area contributed by atoms with Gasteiger partial charge in [0.25, 0.3) is 0 Å². The highest BCUT2D eigenvalue weighted by atomic mass is 32.1. The predicted octanol–water partition coefficient (Wildman–Crippen LogP) is 1.26. The van der Waals surface area contributed by atoms with Crippen molar-refractivity contribution in [2.45, 2.75) is 19.9 Å². The zero-order valence-electron chi connectivity index (χ0n) is 10.8. The van der Waals surface area contributed by atoms with Gasteiger partial charge in [-0.25, -0.2) is 0 Å². The normalized spacial score (nSPS) is 15.9. The highest BCUT2D eigenvalue weighted by Gasteiger charge is 2.16. The quantitative estimate of drug-likeness (QED) is 0.874. The maximum absolute atomic E-state index is 11.9. The lowest BCUT2D eigenvalue weighted by Crippen LogP contribution is -2.44. The lowest BCUT2D eigenvalue weighted by atomic mass is 10.2. The molecule has 1 aliphatic rings. The van der Waals surface area contributed by atoms with Gasteiger partial charge in [-0.05, 0) is 23.4 Å². The van der Waals surface area contributed by atoms with Gasteiger partial charge in [0.1, 0.15) is 0 Å². The van der Waals surface area contributed by atoms with E-state index >= 15 is 0 Å². The van der Waals surface area contributed by atoms with Crippen LogP contribution in [0.2, 0.25) is 0 Å². The number of nitrogens with zero attached hydrogens (tertiary/aromatic N) is 1. The molecule has 4 nitrogen and oxygen atoms in total. The largest absolute Gasteiger partial charge is 0.378 e. The van der Waals surface area contributed by atoms with Gasteiger partial charge >= 0.3 is 0 Å². The lowest BCUT2D eigenvalue weighted by Gasteiger charge is -2.26. The van der Waals surface area contributed by atoms with Gasteiger partial charge in [-0.3, -0.25) is 4.79 Å². The van der Waals surface area contributed by atoms with E-state index < -0.39 is 0 Å². The number of nitrogens with one attached hydrogen (secondary N) is 1. The third kappa shape index (κ3) is 3.54. The number of ether oxygens (including phenoxy) is 1. The third-order valence-electron chi connectivity index (χ3n) is 3.14. The minimum atomic E-state index is 0.174. The highest BCUT2D eigenvalue weighted by Crippen LogP contribution is 2.16. The molecular weight excluding hydrogens is 248 g/mol. The summed E-state index contributed by atoms with van der Waals surface area (Å²) in [4.78, 5) is 15.1. The van der Waals surface area contributed by atoms with Crippen LogP contribution >= 0.6 is 11.3 Å². The molecule has 0 spiro atoms. The van der Waals surface area contributed by atoms with E-state index in [0.29, 0.717) is 19.8 Å². The predicted molar refractivity (Wildman–Crippen MR) is 72.8 cm³/mol. The van der Waals surface area contributed by atoms with Crippen molar-refractivity contribution in [1.82, 2.24) is 10.2 Å². The number of carbonyl (C=O) groups excluding carboxylic acids is 1. The molecule has 0 saturated carbocycles. The summed E-state index contributed by atoms with van der Waals surface area (Å²) in [5, 5.41) is 5.35. The van der Waals surface area contributed by atoms with E-state index in [1.54, 1.807) is 11.3 Å². The summed E-state index contributed by atoms with van der Waals surface area (Å²) < 4.78 is 5.23. The monoisotopic (exact) mass is 268 g/mol. The first-order valence-electron chi connectivity index (χ1n) is 6.42. The number of carbonyl (C=O) groups is 1. The first kappa shape index (κ1) is 13.5. The topological polar surface area (TPSA) is 41.6 Å². The van der Waals surface area contributed by atoms with Gasteiger partial charge in [0.2, 0.25) is 5.91 Å². The second kappa shape index (κ2) is 6.87. The van der Waals surface area contributed by atoms with Crippen molar-refractivity contribution in [3.63, 3.8) is 0 Å². The van der Waals surface area contributed by atoms with Gasteiger partial charge in [0.05, 0.1) is 19.8 Å². The van der Waals surface area contributed by atoms with E-state index in [4.69, 9.17) is 4.74 Å². The van der Waals surface area contributed by atoms with Crippen LogP contribution in [0.4, 0.5) is 0 Å². The van der Waals surface area contributed by atoms with E-state index in [0.717, 1.165) is 26.1 Å². The fourth-order valence-corrected chi connectivity index (χ4v) is 2.99. The van der Waals surface area contributed by atoms with Crippen LogP contribution in [-0.4, -0.2) is 43.7 Å². The summed E-state index contributed by atoms with van der Waals surface area (Å²) in [6, 6.07) is 2.16. The van der Waals surface area contributed by atoms with Crippen molar-refractivity contribution in [3.05, 3.63) is 21.9 Å². The Morgan fingerprint density at radius 2 is 2.28 bits per heavy atom. The van der Waals surface area contributed by atoms with Crippen molar-refractivity contribution in [1.29, 1.82) is 0 Å². The molecule has 1 aromatic heterocycles. The molecule has 5 heteroatoms. The number of morpholine rings is 1. The maximum Gasteiger partial charge on any atom is 0.236 e. The number of hydrogen-bond donors (Lipinski definition) is 1. The summed E-state index contributed by atoms with van der Waals surface area (Å²) >= 11 is 1.75. The fraction of sp³-hybridized carbons (Fsp3) is 0.615. The minimum absolute atomic E-state index is 0.174. The Morgan fingerprint density at radius 1 is 1.50 bits per heavy atom. The maximum atomic E-state index is 11.9. The average Bonchev–Trinajstić information content (AvgIpc) is 2.87. The van der Waals surface area contributed by atoms with Crippen LogP contribution < -0.4 is 5.32 Å². The van der Waals surface area contributed by atoms with E-state index in [9.17, 15) is 4.79 Å². The zero-order chi connectivity index (χ0) is 12.8. The Balaban J connectivity index is 1.73. The van der Waals surface area contributed by atoms with Crippen LogP contribution in [-0.2, 0) is 22.5 Å². The average molecular weight is 268 g/mol. The van der Waals surface area contributed by atoms with E-state index in [1.165, 1.54) is 10.4 Å². The molecular formula is C13H20N2O2S. The zero-order valence-corrected chi connectivity index (χ0v) is 11.6. The van der Waals surface area contributed by atoms with Gasteiger partial charge in [-0.1, -0.05) is 6.92 Å². The third-order valence-corrected chi connectivity index (χ3v) is 4.11. The molecule has 0 unspecified atom stereocenters. The van der Waals surface area contributed by atoms with Gasteiger partial charge in [-0.15, -0.1) is 11.3 Å². The van der Waals surface area contributed by atoms with Crippen LogP contribution in [0.3, 0.4) is 0 Å². The molecule has 1 aliphatic heterocycles. The Bertz CT molecular complexity index is 386. The smallest absolute Gasteiger partial charge is 0.236 e. The molecule has 2 rings (SSSR count). The highest BCUT2D eigenvalue weighted by molar-refractivity contribution is 7.10. The van der Waals surface area contributed by atoms with Gasteiger partial charge < -0.3 is 15.0 Å². The number of aryl methyl sites for hydroxylation is 1. The summed E-state index contributed by atoms with van der Waals surface area (Å²) in [6.45, 7) is 6.13. The van der Waals surface area contributed by atoms with Crippen LogP contribution in [0.25, 0.3) is 0 Å². The molecule has 1 aromatic rings. The first-order valence-corrected chi connectivity index (χ1v) is 7.30.